The summed E-state index contributed by atoms with van der Waals surface area (Å²) in [6.07, 6.45) is 1.67. The Kier molecular flexibility index (Phi) is 2.20. The third-order valence-electron chi connectivity index (χ3n) is 2.95. The minimum Gasteiger partial charge on any atom is -0.345 e. The fourth-order valence-electron chi connectivity index (χ4n) is 1.86. The number of nitriles is 1. The van der Waals surface area contributed by atoms with Crippen molar-refractivity contribution in [1.82, 2.24) is 0 Å². The van der Waals surface area contributed by atoms with Crippen LogP contribution in [0.1, 0.15) is 35.2 Å². The van der Waals surface area contributed by atoms with E-state index in [9.17, 15) is 0 Å². The van der Waals surface area contributed by atoms with Crippen LogP contribution < -0.4 is 5.32 Å². The topological polar surface area (TPSA) is 48.2 Å². The van der Waals surface area contributed by atoms with Gasteiger partial charge in [0, 0.05) is 5.56 Å². The molecule has 1 heterocycles. The standard InChI is InChI=1S/C12H13N3/c1-7-4-10-9(3)14-6-15-12(10)11(5-13)8(7)2/h4,6,9H,1-3H3,(H,14,15). The maximum Gasteiger partial charge on any atom is 0.102 e. The van der Waals surface area contributed by atoms with Gasteiger partial charge in [-0.25, -0.2) is 0 Å². The zero-order valence-electron chi connectivity index (χ0n) is 9.13. The van der Waals surface area contributed by atoms with Crippen molar-refractivity contribution < 1.29 is 0 Å². The first-order valence-electron chi connectivity index (χ1n) is 4.97. The zero-order chi connectivity index (χ0) is 11.0. The molecule has 0 fully saturated rings. The Hall–Kier alpha value is -1.82. The van der Waals surface area contributed by atoms with Gasteiger partial charge in [-0.15, -0.1) is 0 Å². The van der Waals surface area contributed by atoms with Crippen molar-refractivity contribution in [2.45, 2.75) is 26.8 Å². The highest BCUT2D eigenvalue weighted by Crippen LogP contribution is 2.34. The van der Waals surface area contributed by atoms with Crippen LogP contribution in [0.25, 0.3) is 0 Å². The fraction of sp³-hybridized carbons (Fsp3) is 0.333. The number of nitrogens with zero attached hydrogens (tertiary/aromatic N) is 2. The quantitative estimate of drug-likeness (QED) is 0.698. The highest BCUT2D eigenvalue weighted by Gasteiger charge is 2.19. The second-order valence-electron chi connectivity index (χ2n) is 3.87. The largest absolute Gasteiger partial charge is 0.345 e. The molecule has 76 valence electrons. The Balaban J connectivity index is 2.74. The van der Waals surface area contributed by atoms with Gasteiger partial charge >= 0.3 is 0 Å². The molecule has 0 radical (unpaired) electrons. The van der Waals surface area contributed by atoms with E-state index in [1.807, 2.05) is 20.8 Å². The highest BCUT2D eigenvalue weighted by atomic mass is 15.0. The van der Waals surface area contributed by atoms with E-state index in [4.69, 9.17) is 5.26 Å². The van der Waals surface area contributed by atoms with Gasteiger partial charge in [-0.05, 0) is 31.9 Å². The Bertz CT molecular complexity index is 481. The fourth-order valence-corrected chi connectivity index (χ4v) is 1.86. The molecule has 15 heavy (non-hydrogen) atoms. The lowest BCUT2D eigenvalue weighted by molar-refractivity contribution is 0.815. The Labute approximate surface area is 89.5 Å². The molecule has 1 unspecified atom stereocenters. The minimum atomic E-state index is 0.132. The van der Waals surface area contributed by atoms with E-state index in [0.717, 1.165) is 27.9 Å². The number of hydrogen-bond acceptors (Lipinski definition) is 3. The second-order valence-corrected chi connectivity index (χ2v) is 3.87. The number of rotatable bonds is 0. The molecule has 1 aromatic carbocycles. The van der Waals surface area contributed by atoms with E-state index < -0.39 is 0 Å². The van der Waals surface area contributed by atoms with Gasteiger partial charge in [0.05, 0.1) is 23.6 Å². The van der Waals surface area contributed by atoms with Gasteiger partial charge in [0.25, 0.3) is 0 Å². The summed E-state index contributed by atoms with van der Waals surface area (Å²) in [6.45, 7) is 6.04. The van der Waals surface area contributed by atoms with Gasteiger partial charge in [-0.3, -0.25) is 4.99 Å². The number of hydrogen-bond donors (Lipinski definition) is 1. The Morgan fingerprint density at radius 2 is 2.20 bits per heavy atom. The summed E-state index contributed by atoms with van der Waals surface area (Å²) in [4.78, 5) is 4.27. The highest BCUT2D eigenvalue weighted by molar-refractivity contribution is 5.84. The number of aliphatic imine (C=N–C) groups is 1. The van der Waals surface area contributed by atoms with Crippen molar-refractivity contribution >= 4 is 12.0 Å². The third-order valence-corrected chi connectivity index (χ3v) is 2.95. The van der Waals surface area contributed by atoms with Crippen molar-refractivity contribution in [3.05, 3.63) is 28.3 Å². The molecule has 2 rings (SSSR count). The molecular weight excluding hydrogens is 186 g/mol. The molecule has 0 bridgehead atoms. The second kappa shape index (κ2) is 3.39. The molecule has 0 aromatic heterocycles. The van der Waals surface area contributed by atoms with Crippen LogP contribution in [-0.4, -0.2) is 6.34 Å². The molecule has 3 heteroatoms. The predicted molar refractivity (Wildman–Crippen MR) is 61.2 cm³/mol. The summed E-state index contributed by atoms with van der Waals surface area (Å²) >= 11 is 0. The summed E-state index contributed by atoms with van der Waals surface area (Å²) in [5, 5.41) is 12.2. The smallest absolute Gasteiger partial charge is 0.102 e. The molecule has 1 aliphatic heterocycles. The maximum absolute atomic E-state index is 9.15. The Morgan fingerprint density at radius 3 is 2.87 bits per heavy atom. The van der Waals surface area contributed by atoms with Crippen LogP contribution in [0.15, 0.2) is 11.1 Å². The van der Waals surface area contributed by atoms with Crippen LogP contribution >= 0.6 is 0 Å². The summed E-state index contributed by atoms with van der Waals surface area (Å²) in [5.74, 6) is 0. The first kappa shape index (κ1) is 9.72. The Morgan fingerprint density at radius 1 is 1.47 bits per heavy atom. The monoisotopic (exact) mass is 199 g/mol. The lowest BCUT2D eigenvalue weighted by atomic mass is 9.94. The number of aryl methyl sites for hydroxylation is 1. The van der Waals surface area contributed by atoms with Crippen molar-refractivity contribution in [1.29, 1.82) is 5.26 Å². The minimum absolute atomic E-state index is 0.132. The maximum atomic E-state index is 9.15. The third kappa shape index (κ3) is 1.39. The summed E-state index contributed by atoms with van der Waals surface area (Å²) < 4.78 is 0. The summed E-state index contributed by atoms with van der Waals surface area (Å²) in [7, 11) is 0. The van der Waals surface area contributed by atoms with Crippen LogP contribution in [0.5, 0.6) is 0 Å². The molecule has 3 nitrogen and oxygen atoms in total. The molecule has 0 amide bonds. The average molecular weight is 199 g/mol. The molecule has 0 saturated carbocycles. The van der Waals surface area contributed by atoms with E-state index >= 15 is 0 Å². The molecule has 1 N–H and O–H groups in total. The van der Waals surface area contributed by atoms with Crippen LogP contribution in [0.3, 0.4) is 0 Å². The van der Waals surface area contributed by atoms with Crippen LogP contribution in [0.2, 0.25) is 0 Å². The van der Waals surface area contributed by atoms with Crippen molar-refractivity contribution in [3.63, 3.8) is 0 Å². The van der Waals surface area contributed by atoms with E-state index in [1.165, 1.54) is 0 Å². The van der Waals surface area contributed by atoms with E-state index in [1.54, 1.807) is 6.34 Å². The number of fused-ring (bicyclic) bond motifs is 1. The lowest BCUT2D eigenvalue weighted by Crippen LogP contribution is -2.11. The van der Waals surface area contributed by atoms with Crippen LogP contribution in [0, 0.1) is 25.2 Å². The SMILES string of the molecule is Cc1cc2c(c(C#N)c1C)NC=NC2C. The van der Waals surface area contributed by atoms with Gasteiger partial charge in [-0.2, -0.15) is 5.26 Å². The lowest BCUT2D eigenvalue weighted by Gasteiger charge is -2.21. The molecular formula is C12H13N3. The first-order valence-corrected chi connectivity index (χ1v) is 4.97. The normalized spacial score (nSPS) is 17.9. The van der Waals surface area contributed by atoms with Crippen molar-refractivity contribution in [3.8, 4) is 6.07 Å². The van der Waals surface area contributed by atoms with E-state index in [2.05, 4.69) is 22.4 Å². The molecule has 0 spiro atoms. The first-order chi connectivity index (χ1) is 7.15. The van der Waals surface area contributed by atoms with Gasteiger partial charge in [-0.1, -0.05) is 6.07 Å². The molecule has 0 saturated heterocycles. The van der Waals surface area contributed by atoms with E-state index in [-0.39, 0.29) is 6.04 Å². The number of benzene rings is 1. The summed E-state index contributed by atoms with van der Waals surface area (Å²) in [5.41, 5.74) is 4.96. The molecule has 1 aliphatic rings. The number of anilines is 1. The predicted octanol–water partition coefficient (Wildman–Crippen LogP) is 2.69. The van der Waals surface area contributed by atoms with Gasteiger partial charge in [0.1, 0.15) is 6.07 Å². The van der Waals surface area contributed by atoms with Gasteiger partial charge < -0.3 is 5.32 Å². The molecule has 0 aliphatic carbocycles. The molecule has 1 aromatic rings. The van der Waals surface area contributed by atoms with Crippen LogP contribution in [-0.2, 0) is 0 Å². The van der Waals surface area contributed by atoms with Crippen LogP contribution in [0.4, 0.5) is 5.69 Å². The van der Waals surface area contributed by atoms with Crippen molar-refractivity contribution in [2.75, 3.05) is 5.32 Å². The number of nitrogens with one attached hydrogen (secondary N) is 1. The molecule has 1 atom stereocenters. The van der Waals surface area contributed by atoms with E-state index in [0.29, 0.717) is 0 Å². The van der Waals surface area contributed by atoms with Gasteiger partial charge in [0.2, 0.25) is 0 Å². The van der Waals surface area contributed by atoms with Gasteiger partial charge in [0.15, 0.2) is 0 Å². The summed E-state index contributed by atoms with van der Waals surface area (Å²) in [6, 6.07) is 4.50. The average Bonchev–Trinajstić information content (AvgIpc) is 2.22. The van der Waals surface area contributed by atoms with Crippen molar-refractivity contribution in [2.24, 2.45) is 4.99 Å². The zero-order valence-corrected chi connectivity index (χ0v) is 9.13.